The summed E-state index contributed by atoms with van der Waals surface area (Å²) in [5.74, 6) is -0.648. The summed E-state index contributed by atoms with van der Waals surface area (Å²) in [6.45, 7) is 1.33. The maximum Gasteiger partial charge on any atom is 0.285 e. The number of aliphatic hydroxyl groups is 1. The number of amides is 1. The first-order valence-electron chi connectivity index (χ1n) is 7.97. The quantitative estimate of drug-likeness (QED) is 0.681. The molecule has 0 aliphatic carbocycles. The van der Waals surface area contributed by atoms with E-state index in [0.29, 0.717) is 16.3 Å². The molecule has 1 atom stereocenters. The highest BCUT2D eigenvalue weighted by molar-refractivity contribution is 7.12. The molecule has 0 bridgehead atoms. The van der Waals surface area contributed by atoms with Crippen LogP contribution in [0.3, 0.4) is 0 Å². The van der Waals surface area contributed by atoms with Crippen LogP contribution in [0, 0.1) is 5.13 Å². The fraction of sp³-hybridized carbons (Fsp3) is 0.167. The average Bonchev–Trinajstić information content (AvgIpc) is 3.08. The van der Waals surface area contributed by atoms with Crippen molar-refractivity contribution >= 4 is 28.8 Å². The molecule has 0 saturated carbocycles. The Hall–Kier alpha value is -2.55. The summed E-state index contributed by atoms with van der Waals surface area (Å²) in [6, 6.07) is 10.2. The molecule has 2 heterocycles. The van der Waals surface area contributed by atoms with Crippen molar-refractivity contribution in [3.05, 3.63) is 68.5 Å². The second-order valence-corrected chi connectivity index (χ2v) is 7.25. The number of aromatic nitrogens is 2. The molecule has 140 valence electrons. The minimum absolute atomic E-state index is 0.163. The van der Waals surface area contributed by atoms with Gasteiger partial charge in [-0.2, -0.15) is 14.2 Å². The van der Waals surface area contributed by atoms with E-state index in [1.165, 1.54) is 18.2 Å². The molecule has 6 nitrogen and oxygen atoms in total. The lowest BCUT2D eigenvalue weighted by Crippen LogP contribution is -2.39. The first-order chi connectivity index (χ1) is 12.9. The predicted molar refractivity (Wildman–Crippen MR) is 102 cm³/mol. The fourth-order valence-electron chi connectivity index (χ4n) is 2.33. The van der Waals surface area contributed by atoms with Crippen molar-refractivity contribution in [3.63, 3.8) is 0 Å². The lowest BCUT2D eigenvalue weighted by atomic mass is 10.1. The van der Waals surface area contributed by atoms with Crippen LogP contribution in [-0.4, -0.2) is 33.4 Å². The normalized spacial score (nSPS) is 12.0. The van der Waals surface area contributed by atoms with Crippen molar-refractivity contribution in [2.45, 2.75) is 13.0 Å². The topological polar surface area (TPSA) is 84.2 Å². The summed E-state index contributed by atoms with van der Waals surface area (Å²) in [5, 5.41) is 16.2. The van der Waals surface area contributed by atoms with E-state index in [2.05, 4.69) is 10.4 Å². The van der Waals surface area contributed by atoms with Crippen LogP contribution in [0.2, 0.25) is 5.02 Å². The Bertz CT molecular complexity index is 1030. The van der Waals surface area contributed by atoms with E-state index in [0.717, 1.165) is 16.0 Å². The van der Waals surface area contributed by atoms with Gasteiger partial charge >= 0.3 is 0 Å². The van der Waals surface area contributed by atoms with Crippen LogP contribution in [0.15, 0.2) is 47.3 Å². The van der Waals surface area contributed by atoms with Crippen LogP contribution in [0.5, 0.6) is 0 Å². The van der Waals surface area contributed by atoms with Crippen molar-refractivity contribution in [1.82, 2.24) is 15.1 Å². The molecule has 1 aromatic carbocycles. The Kier molecular flexibility index (Phi) is 5.69. The number of rotatable bonds is 5. The van der Waals surface area contributed by atoms with E-state index in [4.69, 9.17) is 16.7 Å². The average molecular weight is 408 g/mol. The summed E-state index contributed by atoms with van der Waals surface area (Å²) in [7, 11) is 0. The van der Waals surface area contributed by atoms with Crippen LogP contribution in [0.1, 0.15) is 17.3 Å². The highest BCUT2D eigenvalue weighted by atomic mass is 35.5. The first-order valence-corrected chi connectivity index (χ1v) is 9.16. The van der Waals surface area contributed by atoms with Crippen LogP contribution in [0.25, 0.3) is 16.3 Å². The maximum absolute atomic E-state index is 13.4. The van der Waals surface area contributed by atoms with E-state index >= 15 is 0 Å². The van der Waals surface area contributed by atoms with Crippen LogP contribution < -0.4 is 10.9 Å². The van der Waals surface area contributed by atoms with Gasteiger partial charge in [0.1, 0.15) is 10.6 Å². The van der Waals surface area contributed by atoms with Gasteiger partial charge in [-0.15, -0.1) is 0 Å². The molecular formula is C18H15ClFN3O3S. The molecule has 3 rings (SSSR count). The third-order valence-corrected chi connectivity index (χ3v) is 4.82. The molecule has 0 aliphatic rings. The monoisotopic (exact) mass is 407 g/mol. The second-order valence-electron chi connectivity index (χ2n) is 5.80. The van der Waals surface area contributed by atoms with Gasteiger partial charge in [-0.3, -0.25) is 9.59 Å². The van der Waals surface area contributed by atoms with Gasteiger partial charge in [-0.05, 0) is 37.3 Å². The molecule has 2 N–H and O–H groups in total. The van der Waals surface area contributed by atoms with E-state index < -0.39 is 22.6 Å². The van der Waals surface area contributed by atoms with E-state index in [1.807, 2.05) is 0 Å². The van der Waals surface area contributed by atoms with Crippen molar-refractivity contribution in [2.75, 3.05) is 6.61 Å². The van der Waals surface area contributed by atoms with Crippen molar-refractivity contribution in [1.29, 1.82) is 0 Å². The molecule has 1 amide bonds. The lowest BCUT2D eigenvalue weighted by molar-refractivity contribution is 0.0920. The number of nitrogens with zero attached hydrogens (tertiary/aromatic N) is 2. The Labute approximate surface area is 162 Å². The number of thiophene rings is 1. The van der Waals surface area contributed by atoms with Gasteiger partial charge in [0.05, 0.1) is 12.3 Å². The number of hydrogen-bond donors (Lipinski definition) is 2. The van der Waals surface area contributed by atoms with Crippen molar-refractivity contribution < 1.29 is 14.3 Å². The van der Waals surface area contributed by atoms with Crippen LogP contribution >= 0.6 is 22.9 Å². The Morgan fingerprint density at radius 3 is 2.63 bits per heavy atom. The SMILES string of the molecule is CC(CO)NC(=O)c1cc(-c2ccc(Cl)cc2)nn(-c2ccc(F)s2)c1=O. The molecular weight excluding hydrogens is 393 g/mol. The third-order valence-electron chi connectivity index (χ3n) is 3.72. The van der Waals surface area contributed by atoms with Crippen molar-refractivity contribution in [3.8, 4) is 16.3 Å². The zero-order valence-electron chi connectivity index (χ0n) is 14.1. The number of hydrogen-bond acceptors (Lipinski definition) is 5. The minimum Gasteiger partial charge on any atom is -0.394 e. The highest BCUT2D eigenvalue weighted by Gasteiger charge is 2.19. The van der Waals surface area contributed by atoms with E-state index in [9.17, 15) is 14.0 Å². The fourth-order valence-corrected chi connectivity index (χ4v) is 3.14. The molecule has 2 aromatic heterocycles. The highest BCUT2D eigenvalue weighted by Crippen LogP contribution is 2.22. The Morgan fingerprint density at radius 2 is 2.04 bits per heavy atom. The van der Waals surface area contributed by atoms with Crippen LogP contribution in [0.4, 0.5) is 4.39 Å². The van der Waals surface area contributed by atoms with Gasteiger partial charge in [0.2, 0.25) is 0 Å². The number of aliphatic hydroxyl groups excluding tert-OH is 1. The summed E-state index contributed by atoms with van der Waals surface area (Å²) in [6.07, 6.45) is 0. The van der Waals surface area contributed by atoms with Gasteiger partial charge < -0.3 is 10.4 Å². The lowest BCUT2D eigenvalue weighted by Gasteiger charge is -2.13. The molecule has 1 unspecified atom stereocenters. The van der Waals surface area contributed by atoms with E-state index in [-0.39, 0.29) is 17.2 Å². The molecule has 3 aromatic rings. The zero-order chi connectivity index (χ0) is 19.6. The largest absolute Gasteiger partial charge is 0.394 e. The minimum atomic E-state index is -0.683. The second kappa shape index (κ2) is 7.99. The molecule has 27 heavy (non-hydrogen) atoms. The van der Waals surface area contributed by atoms with E-state index in [1.54, 1.807) is 31.2 Å². The number of carbonyl (C=O) groups is 1. The molecule has 9 heteroatoms. The summed E-state index contributed by atoms with van der Waals surface area (Å²) >= 11 is 6.65. The van der Waals surface area contributed by atoms with Crippen LogP contribution in [-0.2, 0) is 0 Å². The third kappa shape index (κ3) is 4.24. The standard InChI is InChI=1S/C18H15ClFN3O3S/c1-10(9-24)21-17(25)13-8-14(11-2-4-12(19)5-3-11)22-23(18(13)26)16-7-6-15(20)27-16/h2-8,10,24H,9H2,1H3,(H,21,25). The number of carbonyl (C=O) groups excluding carboxylic acids is 1. The molecule has 0 saturated heterocycles. The Morgan fingerprint density at radius 1 is 1.33 bits per heavy atom. The Balaban J connectivity index is 2.17. The summed E-state index contributed by atoms with van der Waals surface area (Å²) < 4.78 is 14.4. The van der Waals surface area contributed by atoms with Gasteiger partial charge in [-0.25, -0.2) is 0 Å². The molecule has 0 spiro atoms. The summed E-state index contributed by atoms with van der Waals surface area (Å²) in [5.41, 5.74) is 0.137. The van der Waals surface area contributed by atoms with Gasteiger partial charge in [0.25, 0.3) is 11.5 Å². The molecule has 0 aliphatic heterocycles. The number of benzene rings is 1. The maximum atomic E-state index is 13.4. The number of nitrogens with one attached hydrogen (secondary N) is 1. The predicted octanol–water partition coefficient (Wildman–Crippen LogP) is 2.86. The van der Waals surface area contributed by atoms with Gasteiger partial charge in [0.15, 0.2) is 5.13 Å². The molecule has 0 radical (unpaired) electrons. The van der Waals surface area contributed by atoms with Crippen molar-refractivity contribution in [2.24, 2.45) is 0 Å². The summed E-state index contributed by atoms with van der Waals surface area (Å²) in [4.78, 5) is 25.3. The first kappa shape index (κ1) is 19.2. The smallest absolute Gasteiger partial charge is 0.285 e. The van der Waals surface area contributed by atoms with Gasteiger partial charge in [0, 0.05) is 16.6 Å². The molecule has 0 fully saturated rings. The van der Waals surface area contributed by atoms with Gasteiger partial charge in [-0.1, -0.05) is 35.1 Å². The zero-order valence-corrected chi connectivity index (χ0v) is 15.7. The number of halogens is 2.